The summed E-state index contributed by atoms with van der Waals surface area (Å²) in [4.78, 5) is 25.1. The number of benzene rings is 2. The number of amides is 2. The highest BCUT2D eigenvalue weighted by molar-refractivity contribution is 7.98. The van der Waals surface area contributed by atoms with Gasteiger partial charge in [-0.1, -0.05) is 18.2 Å². The highest BCUT2D eigenvalue weighted by Gasteiger charge is 2.18. The Kier molecular flexibility index (Phi) is 6.49. The van der Waals surface area contributed by atoms with E-state index in [1.54, 1.807) is 24.2 Å². The SMILES string of the molecule is CSc1cccc(NC(=O)Nc2cccc(-c3nccnc3N3CCCCC3)c2)c1. The predicted octanol–water partition coefficient (Wildman–Crippen LogP) is 5.50. The van der Waals surface area contributed by atoms with E-state index >= 15 is 0 Å². The van der Waals surface area contributed by atoms with Crippen molar-refractivity contribution in [3.63, 3.8) is 0 Å². The molecule has 30 heavy (non-hydrogen) atoms. The van der Waals surface area contributed by atoms with Crippen LogP contribution in [-0.4, -0.2) is 35.3 Å². The number of hydrogen-bond donors (Lipinski definition) is 2. The summed E-state index contributed by atoms with van der Waals surface area (Å²) >= 11 is 1.64. The van der Waals surface area contributed by atoms with Gasteiger partial charge in [-0.05, 0) is 55.9 Å². The maximum absolute atomic E-state index is 12.5. The van der Waals surface area contributed by atoms with E-state index in [1.807, 2.05) is 54.8 Å². The Balaban J connectivity index is 1.51. The number of nitrogens with zero attached hydrogens (tertiary/aromatic N) is 3. The number of nitrogens with one attached hydrogen (secondary N) is 2. The quantitative estimate of drug-likeness (QED) is 0.535. The largest absolute Gasteiger partial charge is 0.355 e. The lowest BCUT2D eigenvalue weighted by Gasteiger charge is -2.28. The summed E-state index contributed by atoms with van der Waals surface area (Å²) in [5.74, 6) is 0.910. The van der Waals surface area contributed by atoms with E-state index in [2.05, 4.69) is 25.5 Å². The number of urea groups is 1. The van der Waals surface area contributed by atoms with Crippen LogP contribution in [0.3, 0.4) is 0 Å². The molecule has 0 saturated carbocycles. The summed E-state index contributed by atoms with van der Waals surface area (Å²) in [7, 11) is 0. The molecule has 0 unspecified atom stereocenters. The molecule has 2 aromatic carbocycles. The second-order valence-corrected chi connectivity index (χ2v) is 8.05. The molecular weight excluding hydrogens is 394 g/mol. The van der Waals surface area contributed by atoms with Crippen molar-refractivity contribution in [1.82, 2.24) is 9.97 Å². The lowest BCUT2D eigenvalue weighted by molar-refractivity contribution is 0.262. The number of rotatable bonds is 5. The smallest absolute Gasteiger partial charge is 0.323 e. The number of anilines is 3. The Morgan fingerprint density at radius 1 is 0.933 bits per heavy atom. The van der Waals surface area contributed by atoms with Crippen LogP contribution in [0.2, 0.25) is 0 Å². The number of piperidine rings is 1. The summed E-state index contributed by atoms with van der Waals surface area (Å²) in [6, 6.07) is 15.2. The zero-order valence-corrected chi connectivity index (χ0v) is 17.8. The monoisotopic (exact) mass is 419 g/mol. The average molecular weight is 420 g/mol. The first-order valence-electron chi connectivity index (χ1n) is 10.1. The molecule has 6 nitrogen and oxygen atoms in total. The molecular formula is C23H25N5OS. The fourth-order valence-corrected chi connectivity index (χ4v) is 4.07. The summed E-state index contributed by atoms with van der Waals surface area (Å²) in [5.41, 5.74) is 3.25. The normalized spacial score (nSPS) is 13.7. The second-order valence-electron chi connectivity index (χ2n) is 7.17. The molecule has 1 saturated heterocycles. The van der Waals surface area contributed by atoms with Gasteiger partial charge in [0.25, 0.3) is 0 Å². The lowest BCUT2D eigenvalue weighted by atomic mass is 10.1. The van der Waals surface area contributed by atoms with Crippen LogP contribution in [0.4, 0.5) is 22.0 Å². The van der Waals surface area contributed by atoms with Crippen LogP contribution >= 0.6 is 11.8 Å². The highest BCUT2D eigenvalue weighted by Crippen LogP contribution is 2.30. The van der Waals surface area contributed by atoms with Crippen molar-refractivity contribution in [2.24, 2.45) is 0 Å². The van der Waals surface area contributed by atoms with Gasteiger partial charge in [0.05, 0.1) is 0 Å². The fraction of sp³-hybridized carbons (Fsp3) is 0.261. The van der Waals surface area contributed by atoms with E-state index in [4.69, 9.17) is 0 Å². The average Bonchev–Trinajstić information content (AvgIpc) is 2.80. The molecule has 2 N–H and O–H groups in total. The molecule has 1 aliphatic rings. The van der Waals surface area contributed by atoms with E-state index in [-0.39, 0.29) is 6.03 Å². The number of thioether (sulfide) groups is 1. The molecule has 1 aromatic heterocycles. The summed E-state index contributed by atoms with van der Waals surface area (Å²) < 4.78 is 0. The van der Waals surface area contributed by atoms with Crippen LogP contribution in [0.15, 0.2) is 65.8 Å². The van der Waals surface area contributed by atoms with Crippen molar-refractivity contribution >= 4 is 35.0 Å². The van der Waals surface area contributed by atoms with Crippen LogP contribution in [0.25, 0.3) is 11.3 Å². The van der Waals surface area contributed by atoms with Gasteiger partial charge in [0, 0.05) is 47.3 Å². The van der Waals surface area contributed by atoms with Gasteiger partial charge in [0.2, 0.25) is 0 Å². The maximum Gasteiger partial charge on any atom is 0.323 e. The van der Waals surface area contributed by atoms with Gasteiger partial charge in [-0.15, -0.1) is 11.8 Å². The summed E-state index contributed by atoms with van der Waals surface area (Å²) in [6.45, 7) is 2.00. The second kappa shape index (κ2) is 9.63. The van der Waals surface area contributed by atoms with Crippen LogP contribution in [0.5, 0.6) is 0 Å². The minimum absolute atomic E-state index is 0.277. The molecule has 0 atom stereocenters. The summed E-state index contributed by atoms with van der Waals surface area (Å²) in [6.07, 6.45) is 9.08. The van der Waals surface area contributed by atoms with Gasteiger partial charge >= 0.3 is 6.03 Å². The highest BCUT2D eigenvalue weighted by atomic mass is 32.2. The zero-order valence-electron chi connectivity index (χ0n) is 17.0. The van der Waals surface area contributed by atoms with Crippen molar-refractivity contribution < 1.29 is 4.79 Å². The van der Waals surface area contributed by atoms with Gasteiger partial charge in [0.1, 0.15) is 5.69 Å². The van der Waals surface area contributed by atoms with E-state index in [0.717, 1.165) is 40.7 Å². The third kappa shape index (κ3) is 4.91. The molecule has 0 radical (unpaired) electrons. The Bertz CT molecular complexity index is 1020. The molecule has 2 amide bonds. The Labute approximate surface area is 181 Å². The molecule has 7 heteroatoms. The van der Waals surface area contributed by atoms with Gasteiger partial charge in [-0.2, -0.15) is 0 Å². The molecule has 0 bridgehead atoms. The zero-order chi connectivity index (χ0) is 20.8. The Hall–Kier alpha value is -3.06. The number of aromatic nitrogens is 2. The van der Waals surface area contributed by atoms with E-state index in [9.17, 15) is 4.79 Å². The molecule has 1 aliphatic heterocycles. The topological polar surface area (TPSA) is 70.1 Å². The molecule has 1 fully saturated rings. The van der Waals surface area contributed by atoms with Crippen LogP contribution in [0.1, 0.15) is 19.3 Å². The number of carbonyl (C=O) groups excluding carboxylic acids is 1. The molecule has 0 aliphatic carbocycles. The predicted molar refractivity (Wildman–Crippen MR) is 124 cm³/mol. The van der Waals surface area contributed by atoms with Crippen LogP contribution in [-0.2, 0) is 0 Å². The van der Waals surface area contributed by atoms with Gasteiger partial charge in [-0.25, -0.2) is 9.78 Å². The third-order valence-corrected chi connectivity index (χ3v) is 5.78. The molecule has 0 spiro atoms. The van der Waals surface area contributed by atoms with E-state index < -0.39 is 0 Å². The van der Waals surface area contributed by atoms with Crippen molar-refractivity contribution in [3.05, 3.63) is 60.9 Å². The third-order valence-electron chi connectivity index (χ3n) is 5.06. The summed E-state index contributed by atoms with van der Waals surface area (Å²) in [5, 5.41) is 5.81. The molecule has 3 aromatic rings. The van der Waals surface area contributed by atoms with E-state index in [1.165, 1.54) is 19.3 Å². The lowest BCUT2D eigenvalue weighted by Crippen LogP contribution is -2.30. The first-order chi connectivity index (χ1) is 14.7. The number of hydrogen-bond acceptors (Lipinski definition) is 5. The first-order valence-corrected chi connectivity index (χ1v) is 11.3. The van der Waals surface area contributed by atoms with Crippen molar-refractivity contribution in [3.8, 4) is 11.3 Å². The van der Waals surface area contributed by atoms with E-state index in [0.29, 0.717) is 5.69 Å². The van der Waals surface area contributed by atoms with Crippen LogP contribution < -0.4 is 15.5 Å². The van der Waals surface area contributed by atoms with Gasteiger partial charge in [0.15, 0.2) is 5.82 Å². The van der Waals surface area contributed by atoms with Crippen LogP contribution in [0, 0.1) is 0 Å². The minimum atomic E-state index is -0.277. The Morgan fingerprint density at radius 2 is 1.63 bits per heavy atom. The Morgan fingerprint density at radius 3 is 2.40 bits per heavy atom. The van der Waals surface area contributed by atoms with Crippen molar-refractivity contribution in [2.75, 3.05) is 34.9 Å². The number of carbonyl (C=O) groups is 1. The van der Waals surface area contributed by atoms with Gasteiger partial charge in [-0.3, -0.25) is 4.98 Å². The first kappa shape index (κ1) is 20.2. The molecule has 2 heterocycles. The van der Waals surface area contributed by atoms with Gasteiger partial charge < -0.3 is 15.5 Å². The minimum Gasteiger partial charge on any atom is -0.355 e. The molecule has 4 rings (SSSR count). The molecule has 154 valence electrons. The standard InChI is InChI=1S/C23H25N5OS/c1-30-20-10-6-9-19(16-20)27-23(29)26-18-8-5-7-17(15-18)21-22(25-12-11-24-21)28-13-3-2-4-14-28/h5-12,15-16H,2-4,13-14H2,1H3,(H2,26,27,29). The van der Waals surface area contributed by atoms with Crippen molar-refractivity contribution in [2.45, 2.75) is 24.2 Å². The maximum atomic E-state index is 12.5. The fourth-order valence-electron chi connectivity index (χ4n) is 3.61. The van der Waals surface area contributed by atoms with Crippen molar-refractivity contribution in [1.29, 1.82) is 0 Å².